The number of benzene rings is 1. The fourth-order valence-corrected chi connectivity index (χ4v) is 1.87. The van der Waals surface area contributed by atoms with Crippen molar-refractivity contribution in [1.82, 2.24) is 9.55 Å². The Morgan fingerprint density at radius 2 is 2.31 bits per heavy atom. The quantitative estimate of drug-likeness (QED) is 0.673. The molecule has 80 valence electrons. The van der Waals surface area contributed by atoms with Crippen LogP contribution in [-0.4, -0.2) is 15.7 Å². The molecule has 0 saturated heterocycles. The molecule has 1 atom stereocenters. The first-order valence-corrected chi connectivity index (χ1v) is 5.08. The second kappa shape index (κ2) is 3.20. The summed E-state index contributed by atoms with van der Waals surface area (Å²) in [6, 6.07) is 7.65. The van der Waals surface area contributed by atoms with E-state index >= 15 is 0 Å². The van der Waals surface area contributed by atoms with Gasteiger partial charge >= 0.3 is 6.01 Å². The summed E-state index contributed by atoms with van der Waals surface area (Å²) < 4.78 is 7.03. The Bertz CT molecular complexity index is 630. The van der Waals surface area contributed by atoms with Crippen LogP contribution in [0.1, 0.15) is 0 Å². The van der Waals surface area contributed by atoms with Gasteiger partial charge in [-0.05, 0) is 18.2 Å². The molecule has 1 aliphatic heterocycles. The standard InChI is InChI=1S/C12H10N2O2/c1-2-8-7-14-11(15)9-5-3-4-6-10(9)13-12(14)16-8/h2-6,8H,1,7H2/t8-/m0/s1. The Labute approximate surface area is 91.8 Å². The van der Waals surface area contributed by atoms with E-state index in [1.54, 1.807) is 16.7 Å². The van der Waals surface area contributed by atoms with Gasteiger partial charge in [0.05, 0.1) is 17.4 Å². The molecule has 0 aliphatic carbocycles. The van der Waals surface area contributed by atoms with Crippen LogP contribution in [0.3, 0.4) is 0 Å². The molecule has 2 heterocycles. The van der Waals surface area contributed by atoms with E-state index in [-0.39, 0.29) is 11.7 Å². The molecule has 0 bridgehead atoms. The van der Waals surface area contributed by atoms with Crippen LogP contribution < -0.4 is 10.3 Å². The summed E-state index contributed by atoms with van der Waals surface area (Å²) in [7, 11) is 0. The van der Waals surface area contributed by atoms with Crippen LogP contribution in [0.25, 0.3) is 10.9 Å². The van der Waals surface area contributed by atoms with Gasteiger partial charge in [0.25, 0.3) is 5.56 Å². The molecule has 0 unspecified atom stereocenters. The number of ether oxygens (including phenoxy) is 1. The Morgan fingerprint density at radius 3 is 3.12 bits per heavy atom. The van der Waals surface area contributed by atoms with Crippen LogP contribution >= 0.6 is 0 Å². The van der Waals surface area contributed by atoms with Crippen molar-refractivity contribution in [2.45, 2.75) is 12.6 Å². The molecule has 3 rings (SSSR count). The van der Waals surface area contributed by atoms with E-state index < -0.39 is 0 Å². The predicted octanol–water partition coefficient (Wildman–Crippen LogP) is 1.34. The van der Waals surface area contributed by atoms with Crippen molar-refractivity contribution < 1.29 is 4.74 Å². The molecule has 0 radical (unpaired) electrons. The fraction of sp³-hybridized carbons (Fsp3) is 0.167. The highest BCUT2D eigenvalue weighted by atomic mass is 16.5. The summed E-state index contributed by atoms with van der Waals surface area (Å²) in [6.45, 7) is 4.15. The molecule has 0 fully saturated rings. The van der Waals surface area contributed by atoms with E-state index in [4.69, 9.17) is 4.74 Å². The van der Waals surface area contributed by atoms with Crippen LogP contribution in [0.4, 0.5) is 0 Å². The summed E-state index contributed by atoms with van der Waals surface area (Å²) in [6.07, 6.45) is 1.52. The summed E-state index contributed by atoms with van der Waals surface area (Å²) in [5.41, 5.74) is 0.619. The first kappa shape index (κ1) is 9.15. The van der Waals surface area contributed by atoms with E-state index in [9.17, 15) is 4.79 Å². The predicted molar refractivity (Wildman–Crippen MR) is 60.6 cm³/mol. The zero-order chi connectivity index (χ0) is 11.1. The van der Waals surface area contributed by atoms with Crippen LogP contribution in [0.2, 0.25) is 0 Å². The van der Waals surface area contributed by atoms with Crippen molar-refractivity contribution in [3.05, 3.63) is 47.3 Å². The maximum absolute atomic E-state index is 12.1. The Balaban J connectivity index is 2.31. The van der Waals surface area contributed by atoms with Gasteiger partial charge < -0.3 is 4.74 Å². The third-order valence-corrected chi connectivity index (χ3v) is 2.71. The average molecular weight is 214 g/mol. The zero-order valence-corrected chi connectivity index (χ0v) is 8.59. The molecule has 0 spiro atoms. The largest absolute Gasteiger partial charge is 0.455 e. The lowest BCUT2D eigenvalue weighted by Gasteiger charge is -2.01. The molecule has 0 saturated carbocycles. The molecule has 4 nitrogen and oxygen atoms in total. The minimum absolute atomic E-state index is 0.0510. The van der Waals surface area contributed by atoms with Crippen molar-refractivity contribution >= 4 is 10.9 Å². The van der Waals surface area contributed by atoms with Gasteiger partial charge in [-0.3, -0.25) is 9.36 Å². The van der Waals surface area contributed by atoms with Crippen molar-refractivity contribution in [3.8, 4) is 6.01 Å². The van der Waals surface area contributed by atoms with Crippen LogP contribution in [0.5, 0.6) is 6.01 Å². The van der Waals surface area contributed by atoms with Gasteiger partial charge in [0.15, 0.2) is 0 Å². The molecule has 4 heteroatoms. The van der Waals surface area contributed by atoms with E-state index in [2.05, 4.69) is 11.6 Å². The minimum atomic E-state index is -0.156. The highest BCUT2D eigenvalue weighted by molar-refractivity contribution is 5.77. The van der Waals surface area contributed by atoms with Gasteiger partial charge in [-0.15, -0.1) is 0 Å². The SMILES string of the molecule is C=C[C@H]1Cn2c(nc3ccccc3c2=O)O1. The van der Waals surface area contributed by atoms with Gasteiger partial charge in [-0.1, -0.05) is 18.7 Å². The van der Waals surface area contributed by atoms with Gasteiger partial charge in [-0.25, -0.2) is 0 Å². The summed E-state index contributed by atoms with van der Waals surface area (Å²) in [4.78, 5) is 16.4. The van der Waals surface area contributed by atoms with E-state index in [0.717, 1.165) is 0 Å². The van der Waals surface area contributed by atoms with Crippen molar-refractivity contribution in [1.29, 1.82) is 0 Å². The lowest BCUT2D eigenvalue weighted by Crippen LogP contribution is -2.19. The maximum atomic E-state index is 12.1. The molecule has 1 aromatic heterocycles. The monoisotopic (exact) mass is 214 g/mol. The number of rotatable bonds is 1. The second-order valence-electron chi connectivity index (χ2n) is 3.72. The van der Waals surface area contributed by atoms with Crippen molar-refractivity contribution in [2.75, 3.05) is 0 Å². The maximum Gasteiger partial charge on any atom is 0.300 e. The Morgan fingerprint density at radius 1 is 1.50 bits per heavy atom. The number of hydrogen-bond donors (Lipinski definition) is 0. The molecule has 0 amide bonds. The first-order valence-electron chi connectivity index (χ1n) is 5.08. The molecule has 1 aromatic carbocycles. The number of hydrogen-bond acceptors (Lipinski definition) is 3. The summed E-state index contributed by atoms with van der Waals surface area (Å²) in [5.74, 6) is 0. The number of para-hydroxylation sites is 1. The third-order valence-electron chi connectivity index (χ3n) is 2.71. The third kappa shape index (κ3) is 1.16. The topological polar surface area (TPSA) is 44.1 Å². The molecule has 2 aromatic rings. The lowest BCUT2D eigenvalue weighted by atomic mass is 10.2. The normalized spacial score (nSPS) is 18.1. The Hall–Kier alpha value is -2.10. The number of nitrogens with zero attached hydrogens (tertiary/aromatic N) is 2. The Kier molecular flexibility index (Phi) is 1.83. The average Bonchev–Trinajstić information content (AvgIpc) is 2.73. The van der Waals surface area contributed by atoms with Crippen LogP contribution in [-0.2, 0) is 6.54 Å². The van der Waals surface area contributed by atoms with Crippen molar-refractivity contribution in [2.24, 2.45) is 0 Å². The molecular weight excluding hydrogens is 204 g/mol. The molecule has 16 heavy (non-hydrogen) atoms. The molecule has 0 N–H and O–H groups in total. The summed E-state index contributed by atoms with van der Waals surface area (Å²) >= 11 is 0. The van der Waals surface area contributed by atoms with Gasteiger partial charge in [0, 0.05) is 0 Å². The second-order valence-corrected chi connectivity index (χ2v) is 3.72. The van der Waals surface area contributed by atoms with E-state index in [0.29, 0.717) is 23.5 Å². The highest BCUT2D eigenvalue weighted by Crippen LogP contribution is 2.20. The minimum Gasteiger partial charge on any atom is -0.455 e. The van der Waals surface area contributed by atoms with Gasteiger partial charge in [0.2, 0.25) is 0 Å². The number of aromatic nitrogens is 2. The first-order chi connectivity index (χ1) is 7.79. The smallest absolute Gasteiger partial charge is 0.300 e. The molecular formula is C12H10N2O2. The fourth-order valence-electron chi connectivity index (χ4n) is 1.87. The van der Waals surface area contributed by atoms with Crippen LogP contribution in [0.15, 0.2) is 41.7 Å². The zero-order valence-electron chi connectivity index (χ0n) is 8.59. The lowest BCUT2D eigenvalue weighted by molar-refractivity contribution is 0.275. The van der Waals surface area contributed by atoms with Gasteiger partial charge in [-0.2, -0.15) is 4.98 Å². The highest BCUT2D eigenvalue weighted by Gasteiger charge is 2.23. The summed E-state index contributed by atoms with van der Waals surface area (Å²) in [5, 5.41) is 0.625. The number of fused-ring (bicyclic) bond motifs is 2. The van der Waals surface area contributed by atoms with Gasteiger partial charge in [0.1, 0.15) is 6.10 Å². The molecule has 1 aliphatic rings. The van der Waals surface area contributed by atoms with E-state index in [1.165, 1.54) is 0 Å². The van der Waals surface area contributed by atoms with E-state index in [1.807, 2.05) is 18.2 Å². The van der Waals surface area contributed by atoms with Crippen molar-refractivity contribution in [3.63, 3.8) is 0 Å². The van der Waals surface area contributed by atoms with Crippen LogP contribution in [0, 0.1) is 0 Å².